The minimum atomic E-state index is -0.0408. The molecular formula is C24H26N6O. The Morgan fingerprint density at radius 1 is 1.06 bits per heavy atom. The van der Waals surface area contributed by atoms with Crippen LogP contribution in [0.4, 0.5) is 5.82 Å². The largest absolute Gasteiger partial charge is 0.357 e. The van der Waals surface area contributed by atoms with E-state index in [9.17, 15) is 4.79 Å². The highest BCUT2D eigenvalue weighted by Crippen LogP contribution is 2.29. The van der Waals surface area contributed by atoms with E-state index in [1.54, 1.807) is 6.20 Å². The average Bonchev–Trinajstić information content (AvgIpc) is 2.84. The SMILES string of the molecule is N#Cc1ccc(N2CCC(N3CCCC(c4nc5ccccc5c(=O)[nH]4)C3)CC2)nc1. The Balaban J connectivity index is 1.25. The van der Waals surface area contributed by atoms with Gasteiger partial charge in [0.1, 0.15) is 17.7 Å². The summed E-state index contributed by atoms with van der Waals surface area (Å²) >= 11 is 0. The molecule has 0 spiro atoms. The molecule has 0 radical (unpaired) electrons. The third-order valence-corrected chi connectivity index (χ3v) is 6.65. The molecule has 1 N–H and O–H groups in total. The fraction of sp³-hybridized carbons (Fsp3) is 0.417. The van der Waals surface area contributed by atoms with Gasteiger partial charge in [0.2, 0.25) is 0 Å². The zero-order chi connectivity index (χ0) is 21.2. The highest BCUT2D eigenvalue weighted by molar-refractivity contribution is 5.77. The summed E-state index contributed by atoms with van der Waals surface area (Å²) in [4.78, 5) is 29.7. The second-order valence-corrected chi connectivity index (χ2v) is 8.54. The Morgan fingerprint density at radius 3 is 2.68 bits per heavy atom. The summed E-state index contributed by atoms with van der Waals surface area (Å²) in [6, 6.07) is 14.0. The number of likely N-dealkylation sites (tertiary alicyclic amines) is 1. The van der Waals surface area contributed by atoms with Gasteiger partial charge in [-0.15, -0.1) is 0 Å². The molecule has 5 rings (SSSR count). The van der Waals surface area contributed by atoms with Gasteiger partial charge in [-0.05, 0) is 56.5 Å². The molecule has 2 saturated heterocycles. The molecule has 0 bridgehead atoms. The van der Waals surface area contributed by atoms with Crippen LogP contribution in [-0.2, 0) is 0 Å². The second kappa shape index (κ2) is 8.48. The number of piperidine rings is 2. The summed E-state index contributed by atoms with van der Waals surface area (Å²) in [6.45, 7) is 3.99. The lowest BCUT2D eigenvalue weighted by Crippen LogP contribution is -2.48. The van der Waals surface area contributed by atoms with E-state index in [-0.39, 0.29) is 11.5 Å². The Bertz CT molecular complexity index is 1160. The van der Waals surface area contributed by atoms with Crippen LogP contribution in [0.25, 0.3) is 10.9 Å². The van der Waals surface area contributed by atoms with Gasteiger partial charge in [0.25, 0.3) is 5.56 Å². The van der Waals surface area contributed by atoms with Gasteiger partial charge in [-0.25, -0.2) is 9.97 Å². The zero-order valence-electron chi connectivity index (χ0n) is 17.5. The lowest BCUT2D eigenvalue weighted by Gasteiger charge is -2.42. The molecule has 7 nitrogen and oxygen atoms in total. The van der Waals surface area contributed by atoms with Crippen molar-refractivity contribution in [2.45, 2.75) is 37.6 Å². The van der Waals surface area contributed by atoms with Crippen molar-refractivity contribution in [3.05, 3.63) is 64.3 Å². The van der Waals surface area contributed by atoms with Crippen molar-refractivity contribution in [3.8, 4) is 6.07 Å². The third-order valence-electron chi connectivity index (χ3n) is 6.65. The smallest absolute Gasteiger partial charge is 0.258 e. The van der Waals surface area contributed by atoms with Crippen LogP contribution < -0.4 is 10.5 Å². The summed E-state index contributed by atoms with van der Waals surface area (Å²) in [5, 5.41) is 9.61. The highest BCUT2D eigenvalue weighted by atomic mass is 16.1. The van der Waals surface area contributed by atoms with Crippen LogP contribution in [0.15, 0.2) is 47.4 Å². The number of para-hydroxylation sites is 1. The lowest BCUT2D eigenvalue weighted by atomic mass is 9.93. The molecule has 1 unspecified atom stereocenters. The number of aromatic amines is 1. The number of rotatable bonds is 3. The fourth-order valence-corrected chi connectivity index (χ4v) is 4.96. The van der Waals surface area contributed by atoms with E-state index in [2.05, 4.69) is 25.8 Å². The van der Waals surface area contributed by atoms with E-state index in [0.29, 0.717) is 17.0 Å². The topological polar surface area (TPSA) is 88.9 Å². The molecule has 1 aromatic carbocycles. The number of aromatic nitrogens is 3. The van der Waals surface area contributed by atoms with Gasteiger partial charge in [-0.3, -0.25) is 9.69 Å². The summed E-state index contributed by atoms with van der Waals surface area (Å²) in [5.74, 6) is 2.05. The van der Waals surface area contributed by atoms with Crippen LogP contribution in [0.3, 0.4) is 0 Å². The first-order valence-corrected chi connectivity index (χ1v) is 11.1. The Hall–Kier alpha value is -3.24. The van der Waals surface area contributed by atoms with Crippen molar-refractivity contribution < 1.29 is 0 Å². The van der Waals surface area contributed by atoms with Gasteiger partial charge in [0, 0.05) is 37.8 Å². The molecule has 158 valence electrons. The maximum Gasteiger partial charge on any atom is 0.258 e. The molecule has 0 amide bonds. The molecule has 0 aliphatic carbocycles. The number of anilines is 1. The number of benzene rings is 1. The lowest BCUT2D eigenvalue weighted by molar-refractivity contribution is 0.126. The summed E-state index contributed by atoms with van der Waals surface area (Å²) < 4.78 is 0. The Labute approximate surface area is 181 Å². The maximum absolute atomic E-state index is 12.5. The van der Waals surface area contributed by atoms with E-state index in [1.165, 1.54) is 0 Å². The summed E-state index contributed by atoms with van der Waals surface area (Å²) in [7, 11) is 0. The van der Waals surface area contributed by atoms with E-state index in [0.717, 1.165) is 69.0 Å². The molecule has 7 heteroatoms. The first kappa shape index (κ1) is 19.7. The van der Waals surface area contributed by atoms with Crippen LogP contribution in [0.2, 0.25) is 0 Å². The number of fused-ring (bicyclic) bond motifs is 1. The number of hydrogen-bond acceptors (Lipinski definition) is 6. The number of H-pyrrole nitrogens is 1. The van der Waals surface area contributed by atoms with Crippen LogP contribution >= 0.6 is 0 Å². The molecule has 31 heavy (non-hydrogen) atoms. The van der Waals surface area contributed by atoms with Crippen molar-refractivity contribution in [2.24, 2.45) is 0 Å². The Kier molecular flexibility index (Phi) is 5.39. The van der Waals surface area contributed by atoms with Gasteiger partial charge >= 0.3 is 0 Å². The fourth-order valence-electron chi connectivity index (χ4n) is 4.96. The van der Waals surface area contributed by atoms with E-state index >= 15 is 0 Å². The Morgan fingerprint density at radius 2 is 1.90 bits per heavy atom. The highest BCUT2D eigenvalue weighted by Gasteiger charge is 2.30. The van der Waals surface area contributed by atoms with E-state index in [1.807, 2.05) is 36.4 Å². The minimum Gasteiger partial charge on any atom is -0.357 e. The minimum absolute atomic E-state index is 0.0408. The van der Waals surface area contributed by atoms with Crippen molar-refractivity contribution in [1.82, 2.24) is 19.9 Å². The summed E-state index contributed by atoms with van der Waals surface area (Å²) in [5.41, 5.74) is 1.33. The van der Waals surface area contributed by atoms with Crippen molar-refractivity contribution in [1.29, 1.82) is 5.26 Å². The standard InChI is InChI=1S/C24H26N6O/c25-14-17-7-8-22(26-15-17)29-12-9-19(10-13-29)30-11-3-4-18(16-30)23-27-21-6-2-1-5-20(21)24(31)28-23/h1-2,5-8,15,18-19H,3-4,9-13,16H2,(H,27,28,31). The van der Waals surface area contributed by atoms with Crippen LogP contribution in [-0.4, -0.2) is 52.1 Å². The molecule has 1 atom stereocenters. The third kappa shape index (κ3) is 4.04. The van der Waals surface area contributed by atoms with E-state index < -0.39 is 0 Å². The van der Waals surface area contributed by atoms with Crippen molar-refractivity contribution in [3.63, 3.8) is 0 Å². The normalized spacial score (nSPS) is 20.6. The first-order chi connectivity index (χ1) is 15.2. The van der Waals surface area contributed by atoms with Gasteiger partial charge in [-0.2, -0.15) is 5.26 Å². The molecule has 0 saturated carbocycles. The van der Waals surface area contributed by atoms with Crippen LogP contribution in [0.1, 0.15) is 43.0 Å². The average molecular weight is 415 g/mol. The van der Waals surface area contributed by atoms with Gasteiger partial charge in [-0.1, -0.05) is 12.1 Å². The van der Waals surface area contributed by atoms with E-state index in [4.69, 9.17) is 10.2 Å². The quantitative estimate of drug-likeness (QED) is 0.709. The maximum atomic E-state index is 12.5. The van der Waals surface area contributed by atoms with Gasteiger partial charge in [0.15, 0.2) is 0 Å². The first-order valence-electron chi connectivity index (χ1n) is 11.1. The van der Waals surface area contributed by atoms with Gasteiger partial charge in [0.05, 0.1) is 16.5 Å². The number of nitrogens with one attached hydrogen (secondary N) is 1. The molecule has 3 aromatic rings. The molecule has 2 aromatic heterocycles. The van der Waals surface area contributed by atoms with Crippen LogP contribution in [0, 0.1) is 11.3 Å². The second-order valence-electron chi connectivity index (χ2n) is 8.54. The predicted octanol–water partition coefficient (Wildman–Crippen LogP) is 3.04. The number of hydrogen-bond donors (Lipinski definition) is 1. The number of pyridine rings is 1. The molecular weight excluding hydrogens is 388 g/mol. The molecule has 4 heterocycles. The van der Waals surface area contributed by atoms with Crippen molar-refractivity contribution >= 4 is 16.7 Å². The molecule has 2 aliphatic rings. The number of nitrogens with zero attached hydrogens (tertiary/aromatic N) is 5. The van der Waals surface area contributed by atoms with Gasteiger partial charge < -0.3 is 9.88 Å². The molecule has 2 fully saturated rings. The molecule has 2 aliphatic heterocycles. The zero-order valence-corrected chi connectivity index (χ0v) is 17.5. The summed E-state index contributed by atoms with van der Waals surface area (Å²) in [6.07, 6.45) is 6.02. The van der Waals surface area contributed by atoms with Crippen molar-refractivity contribution in [2.75, 3.05) is 31.1 Å². The predicted molar refractivity (Wildman–Crippen MR) is 120 cm³/mol. The number of nitriles is 1. The monoisotopic (exact) mass is 414 g/mol. The van der Waals surface area contributed by atoms with Crippen LogP contribution in [0.5, 0.6) is 0 Å².